The van der Waals surface area contributed by atoms with E-state index in [4.69, 9.17) is 0 Å². The minimum atomic E-state index is 0.953. The molecule has 0 aromatic carbocycles. The van der Waals surface area contributed by atoms with Gasteiger partial charge in [-0.15, -0.1) is 0 Å². The van der Waals surface area contributed by atoms with Crippen LogP contribution in [0.4, 0.5) is 0 Å². The smallest absolute Gasteiger partial charge is 0.00127 e. The van der Waals surface area contributed by atoms with Crippen molar-refractivity contribution in [1.82, 2.24) is 9.80 Å². The minimum Gasteiger partial charge on any atom is -0.303 e. The van der Waals surface area contributed by atoms with Crippen molar-refractivity contribution in [3.05, 3.63) is 24.3 Å². The van der Waals surface area contributed by atoms with Gasteiger partial charge >= 0.3 is 0 Å². The van der Waals surface area contributed by atoms with Gasteiger partial charge in [-0.1, -0.05) is 50.0 Å². The van der Waals surface area contributed by atoms with Crippen LogP contribution in [0.15, 0.2) is 24.3 Å². The first-order valence-electron chi connectivity index (χ1n) is 15.6. The highest BCUT2D eigenvalue weighted by Gasteiger charge is 2.38. The Morgan fingerprint density at radius 2 is 1.03 bits per heavy atom. The second-order valence-electron chi connectivity index (χ2n) is 12.3. The predicted molar refractivity (Wildman–Crippen MR) is 148 cm³/mol. The van der Waals surface area contributed by atoms with Crippen LogP contribution in [0.25, 0.3) is 0 Å². The van der Waals surface area contributed by atoms with Gasteiger partial charge in [0.2, 0.25) is 0 Å². The molecule has 2 heteroatoms. The Hall–Kier alpha value is -0.600. The van der Waals surface area contributed by atoms with Gasteiger partial charge in [0.25, 0.3) is 0 Å². The lowest BCUT2D eigenvalue weighted by Crippen LogP contribution is -2.49. The molecule has 0 aromatic heterocycles. The lowest BCUT2D eigenvalue weighted by atomic mass is 9.69. The van der Waals surface area contributed by atoms with Crippen molar-refractivity contribution in [3.8, 4) is 0 Å². The molecule has 5 heterocycles. The molecule has 34 heavy (non-hydrogen) atoms. The molecule has 5 aliphatic heterocycles. The van der Waals surface area contributed by atoms with Crippen LogP contribution in [0.5, 0.6) is 0 Å². The van der Waals surface area contributed by atoms with Crippen molar-refractivity contribution in [3.63, 3.8) is 0 Å². The van der Waals surface area contributed by atoms with Gasteiger partial charge in [-0.05, 0) is 133 Å². The van der Waals surface area contributed by atoms with Gasteiger partial charge in [0.05, 0.1) is 0 Å². The van der Waals surface area contributed by atoms with Crippen molar-refractivity contribution in [2.24, 2.45) is 23.7 Å². The molecule has 2 saturated heterocycles. The van der Waals surface area contributed by atoms with Gasteiger partial charge in [-0.25, -0.2) is 0 Å². The van der Waals surface area contributed by atoms with Crippen LogP contribution in [-0.4, -0.2) is 49.1 Å². The van der Waals surface area contributed by atoms with E-state index in [1.165, 1.54) is 155 Å². The Morgan fingerprint density at radius 1 is 0.441 bits per heavy atom. The third kappa shape index (κ3) is 9.12. The molecule has 5 rings (SSSR count). The third-order valence-electron chi connectivity index (χ3n) is 9.58. The molecule has 0 spiro atoms. The molecule has 2 nitrogen and oxygen atoms in total. The van der Waals surface area contributed by atoms with E-state index in [2.05, 4.69) is 34.1 Å². The summed E-state index contributed by atoms with van der Waals surface area (Å²) in [5.41, 5.74) is 0. The maximum atomic E-state index is 2.94. The SMILES string of the molecule is C1=C\CCCC[C@@H]2CN3CCCC/C=C\CCCC[C@@H]4C[C@H](CN(CCCCCC/1)C4)[C@H]2CC3. The van der Waals surface area contributed by atoms with Crippen molar-refractivity contribution < 1.29 is 0 Å². The summed E-state index contributed by atoms with van der Waals surface area (Å²) in [4.78, 5) is 5.80. The molecule has 0 N–H and O–H groups in total. The normalized spacial score (nSPS) is 39.8. The summed E-state index contributed by atoms with van der Waals surface area (Å²) in [6.07, 6.45) is 35.3. The predicted octanol–water partition coefficient (Wildman–Crippen LogP) is 8.24. The van der Waals surface area contributed by atoms with Crippen LogP contribution in [-0.2, 0) is 0 Å². The number of allylic oxidation sites excluding steroid dienone is 4. The molecule has 0 saturated carbocycles. The zero-order chi connectivity index (χ0) is 23.3. The second kappa shape index (κ2) is 15.5. The summed E-state index contributed by atoms with van der Waals surface area (Å²) in [5, 5.41) is 0. The van der Waals surface area contributed by atoms with E-state index >= 15 is 0 Å². The molecule has 0 radical (unpaired) electrons. The number of piperidine rings is 2. The number of fused-ring (bicyclic) bond motifs is 10. The highest BCUT2D eigenvalue weighted by Crippen LogP contribution is 2.40. The summed E-state index contributed by atoms with van der Waals surface area (Å²) in [7, 11) is 0. The van der Waals surface area contributed by atoms with Crippen LogP contribution in [0.3, 0.4) is 0 Å². The molecule has 0 amide bonds. The standard InChI is InChI=1S/C32H56N2/c1-2-5-10-14-18-23-34-26-29-19-15-11-7-4-6-9-13-17-22-33-24-21-32(31(25-29)28-34)30(27-33)20-16-12-8-3-1/h1,3-4,6,29-32H,2,5,7-28H2/b3-1-,6-4-/t29-,30-,31-,32+/m1/s1. The summed E-state index contributed by atoms with van der Waals surface area (Å²) >= 11 is 0. The Balaban J connectivity index is 1.47. The summed E-state index contributed by atoms with van der Waals surface area (Å²) in [5.74, 6) is 3.88. The molecule has 194 valence electrons. The van der Waals surface area contributed by atoms with Gasteiger partial charge in [0.1, 0.15) is 0 Å². The van der Waals surface area contributed by atoms with Gasteiger partial charge in [-0.2, -0.15) is 0 Å². The fourth-order valence-electron chi connectivity index (χ4n) is 7.69. The average Bonchev–Trinajstić information content (AvgIpc) is 2.85. The quantitative estimate of drug-likeness (QED) is 0.330. The average molecular weight is 469 g/mol. The van der Waals surface area contributed by atoms with Gasteiger partial charge in [0.15, 0.2) is 0 Å². The molecule has 2 fully saturated rings. The van der Waals surface area contributed by atoms with Gasteiger partial charge in [-0.3, -0.25) is 0 Å². The Morgan fingerprint density at radius 3 is 1.82 bits per heavy atom. The lowest BCUT2D eigenvalue weighted by Gasteiger charge is -2.47. The van der Waals surface area contributed by atoms with Crippen LogP contribution >= 0.6 is 0 Å². The maximum absolute atomic E-state index is 2.94. The first kappa shape index (κ1) is 26.5. The van der Waals surface area contributed by atoms with Gasteiger partial charge in [0, 0.05) is 19.6 Å². The lowest BCUT2D eigenvalue weighted by molar-refractivity contribution is 0.0186. The topological polar surface area (TPSA) is 6.48 Å². The fraction of sp³-hybridized carbons (Fsp3) is 0.875. The molecule has 0 aliphatic carbocycles. The summed E-state index contributed by atoms with van der Waals surface area (Å²) < 4.78 is 0. The molecule has 6 bridgehead atoms. The van der Waals surface area contributed by atoms with E-state index in [0.29, 0.717) is 0 Å². The minimum absolute atomic E-state index is 0.953. The highest BCUT2D eigenvalue weighted by atomic mass is 15.1. The first-order chi connectivity index (χ1) is 16.9. The zero-order valence-electron chi connectivity index (χ0n) is 22.5. The van der Waals surface area contributed by atoms with Crippen molar-refractivity contribution in [2.75, 3.05) is 39.3 Å². The van der Waals surface area contributed by atoms with Crippen LogP contribution in [0.1, 0.15) is 116 Å². The number of hydrogen-bond donors (Lipinski definition) is 0. The fourth-order valence-corrected chi connectivity index (χ4v) is 7.69. The molecular weight excluding hydrogens is 412 g/mol. The van der Waals surface area contributed by atoms with Crippen molar-refractivity contribution >= 4 is 0 Å². The van der Waals surface area contributed by atoms with Crippen LogP contribution in [0.2, 0.25) is 0 Å². The van der Waals surface area contributed by atoms with Gasteiger partial charge < -0.3 is 9.80 Å². The second-order valence-corrected chi connectivity index (χ2v) is 12.3. The summed E-state index contributed by atoms with van der Waals surface area (Å²) in [6.45, 7) is 8.31. The third-order valence-corrected chi connectivity index (χ3v) is 9.58. The Bertz CT molecular complexity index is 596. The van der Waals surface area contributed by atoms with E-state index in [9.17, 15) is 0 Å². The summed E-state index contributed by atoms with van der Waals surface area (Å²) in [6, 6.07) is 0. The highest BCUT2D eigenvalue weighted by molar-refractivity contribution is 4.91. The number of hydrogen-bond acceptors (Lipinski definition) is 2. The zero-order valence-corrected chi connectivity index (χ0v) is 22.5. The monoisotopic (exact) mass is 468 g/mol. The molecule has 2 unspecified atom stereocenters. The van der Waals surface area contributed by atoms with E-state index in [-0.39, 0.29) is 0 Å². The Kier molecular flexibility index (Phi) is 12.1. The van der Waals surface area contributed by atoms with Crippen molar-refractivity contribution in [1.29, 1.82) is 0 Å². The largest absolute Gasteiger partial charge is 0.303 e. The van der Waals surface area contributed by atoms with Crippen LogP contribution in [0, 0.1) is 23.7 Å². The van der Waals surface area contributed by atoms with E-state index < -0.39 is 0 Å². The van der Waals surface area contributed by atoms with Crippen molar-refractivity contribution in [2.45, 2.75) is 116 Å². The Labute approximate surface area is 212 Å². The molecule has 5 aliphatic rings. The van der Waals surface area contributed by atoms with Crippen LogP contribution < -0.4 is 0 Å². The number of nitrogens with zero attached hydrogens (tertiary/aromatic N) is 2. The van der Waals surface area contributed by atoms with E-state index in [1.54, 1.807) is 0 Å². The molecule has 0 aromatic rings. The molecular formula is C32H56N2. The first-order valence-corrected chi connectivity index (χ1v) is 15.6. The maximum Gasteiger partial charge on any atom is 0.00127 e. The van der Waals surface area contributed by atoms with E-state index in [1.807, 2.05) is 0 Å². The van der Waals surface area contributed by atoms with E-state index in [0.717, 1.165) is 23.7 Å². The molecule has 6 atom stereocenters. The number of rotatable bonds is 0.